The molecule has 0 aliphatic carbocycles. The molecule has 0 saturated carbocycles. The highest BCUT2D eigenvalue weighted by Gasteiger charge is 1.69. The third-order valence-corrected chi connectivity index (χ3v) is 0.784. The van der Waals surface area contributed by atoms with Crippen molar-refractivity contribution in [2.45, 2.75) is 6.92 Å². The van der Waals surface area contributed by atoms with Gasteiger partial charge in [0.15, 0.2) is 0 Å². The van der Waals surface area contributed by atoms with Crippen molar-refractivity contribution in [1.82, 2.24) is 5.32 Å². The van der Waals surface area contributed by atoms with Gasteiger partial charge in [-0.15, -0.1) is 0 Å². The van der Waals surface area contributed by atoms with Gasteiger partial charge >= 0.3 is 0 Å². The molecule has 0 atom stereocenters. The van der Waals surface area contributed by atoms with E-state index in [1.165, 1.54) is 0 Å². The lowest BCUT2D eigenvalue weighted by molar-refractivity contribution is 0.799. The van der Waals surface area contributed by atoms with E-state index in [9.17, 15) is 0 Å². The molecule has 0 aromatic rings. The molecule has 1 N–H and O–H groups in total. The van der Waals surface area contributed by atoms with Crippen molar-refractivity contribution in [3.63, 3.8) is 0 Å². The van der Waals surface area contributed by atoms with Crippen LogP contribution in [-0.4, -0.2) is 13.1 Å². The fourth-order valence-electron chi connectivity index (χ4n) is 0.392. The van der Waals surface area contributed by atoms with E-state index in [2.05, 4.69) is 18.8 Å². The van der Waals surface area contributed by atoms with E-state index in [0.29, 0.717) is 0 Å². The van der Waals surface area contributed by atoms with Crippen LogP contribution in [0.25, 0.3) is 0 Å². The molecule has 0 unspecified atom stereocenters. The average molecular weight is 111 g/mol. The Hall–Kier alpha value is -0.560. The number of likely N-dealkylation sites (N-methyl/N-ethyl adjacent to an activating group) is 1. The summed E-state index contributed by atoms with van der Waals surface area (Å²) in [5, 5.41) is 3.15. The van der Waals surface area contributed by atoms with Gasteiger partial charge in [-0.25, -0.2) is 0 Å². The number of nitrogens with one attached hydrogen (secondary N) is 1. The maximum Gasteiger partial charge on any atom is 0.0137 e. The van der Waals surface area contributed by atoms with Crippen LogP contribution in [-0.2, 0) is 0 Å². The van der Waals surface area contributed by atoms with Gasteiger partial charge in [0, 0.05) is 6.54 Å². The van der Waals surface area contributed by atoms with Gasteiger partial charge in [-0.05, 0) is 6.54 Å². The van der Waals surface area contributed by atoms with Crippen LogP contribution in [0.15, 0.2) is 24.8 Å². The molecule has 1 nitrogen and oxygen atoms in total. The average Bonchev–Trinajstić information content (AvgIpc) is 1.81. The van der Waals surface area contributed by atoms with Gasteiger partial charge in [0.05, 0.1) is 0 Å². The quantitative estimate of drug-likeness (QED) is 0.426. The van der Waals surface area contributed by atoms with Crippen molar-refractivity contribution in [3.8, 4) is 0 Å². The SMILES string of the molecule is C=C/C=C/CNCC. The zero-order valence-corrected chi connectivity index (χ0v) is 5.35. The maximum atomic E-state index is 3.54. The van der Waals surface area contributed by atoms with Crippen LogP contribution in [0.2, 0.25) is 0 Å². The first-order valence-electron chi connectivity index (χ1n) is 2.90. The Morgan fingerprint density at radius 1 is 1.62 bits per heavy atom. The predicted molar refractivity (Wildman–Crippen MR) is 37.9 cm³/mol. The molecule has 0 rings (SSSR count). The zero-order chi connectivity index (χ0) is 6.24. The van der Waals surface area contributed by atoms with E-state index < -0.39 is 0 Å². The second-order valence-electron chi connectivity index (χ2n) is 1.47. The Labute approximate surface area is 51.1 Å². The molecule has 0 aromatic heterocycles. The van der Waals surface area contributed by atoms with E-state index in [4.69, 9.17) is 0 Å². The Balaban J connectivity index is 2.91. The molecule has 0 heterocycles. The Kier molecular flexibility index (Phi) is 5.99. The van der Waals surface area contributed by atoms with Crippen molar-refractivity contribution in [3.05, 3.63) is 24.8 Å². The highest BCUT2D eigenvalue weighted by atomic mass is 14.8. The molecule has 0 aromatic carbocycles. The van der Waals surface area contributed by atoms with Crippen LogP contribution in [0.4, 0.5) is 0 Å². The largest absolute Gasteiger partial charge is 0.314 e. The third kappa shape index (κ3) is 5.44. The molecule has 0 amide bonds. The third-order valence-electron chi connectivity index (χ3n) is 0.784. The smallest absolute Gasteiger partial charge is 0.0137 e. The molecular formula is C7H13N. The lowest BCUT2D eigenvalue weighted by atomic mass is 10.5. The summed E-state index contributed by atoms with van der Waals surface area (Å²) in [4.78, 5) is 0. The molecule has 0 saturated heterocycles. The number of hydrogen-bond acceptors (Lipinski definition) is 1. The van der Waals surface area contributed by atoms with E-state index >= 15 is 0 Å². The van der Waals surface area contributed by atoms with Crippen LogP contribution in [0, 0.1) is 0 Å². The van der Waals surface area contributed by atoms with Gasteiger partial charge in [-0.3, -0.25) is 0 Å². The van der Waals surface area contributed by atoms with Crippen molar-refractivity contribution in [2.24, 2.45) is 0 Å². The van der Waals surface area contributed by atoms with Gasteiger partial charge in [0.1, 0.15) is 0 Å². The topological polar surface area (TPSA) is 12.0 Å². The van der Waals surface area contributed by atoms with Gasteiger partial charge in [-0.1, -0.05) is 31.7 Å². The standard InChI is InChI=1S/C7H13N/c1-3-5-6-7-8-4-2/h3,5-6,8H,1,4,7H2,2H3/b6-5+. The summed E-state index contributed by atoms with van der Waals surface area (Å²) in [7, 11) is 0. The van der Waals surface area contributed by atoms with Crippen LogP contribution < -0.4 is 5.32 Å². The van der Waals surface area contributed by atoms with E-state index in [0.717, 1.165) is 13.1 Å². The normalized spacial score (nSPS) is 10.1. The second-order valence-corrected chi connectivity index (χ2v) is 1.47. The minimum atomic E-state index is 0.947. The van der Waals surface area contributed by atoms with Crippen molar-refractivity contribution >= 4 is 0 Å². The van der Waals surface area contributed by atoms with Crippen molar-refractivity contribution in [1.29, 1.82) is 0 Å². The molecule has 0 fully saturated rings. The molecule has 0 spiro atoms. The van der Waals surface area contributed by atoms with E-state index in [-0.39, 0.29) is 0 Å². The summed E-state index contributed by atoms with van der Waals surface area (Å²) in [6, 6.07) is 0. The van der Waals surface area contributed by atoms with Gasteiger partial charge in [0.2, 0.25) is 0 Å². The zero-order valence-electron chi connectivity index (χ0n) is 5.35. The van der Waals surface area contributed by atoms with Gasteiger partial charge < -0.3 is 5.32 Å². The van der Waals surface area contributed by atoms with Gasteiger partial charge in [-0.2, -0.15) is 0 Å². The lowest BCUT2D eigenvalue weighted by Crippen LogP contribution is -2.11. The van der Waals surface area contributed by atoms with E-state index in [1.54, 1.807) is 6.08 Å². The van der Waals surface area contributed by atoms with Crippen LogP contribution in [0.3, 0.4) is 0 Å². The fourth-order valence-corrected chi connectivity index (χ4v) is 0.392. The Bertz CT molecular complexity index is 74.5. The lowest BCUT2D eigenvalue weighted by Gasteiger charge is -1.89. The first kappa shape index (κ1) is 7.44. The molecule has 46 valence electrons. The minimum Gasteiger partial charge on any atom is -0.314 e. The van der Waals surface area contributed by atoms with Crippen molar-refractivity contribution in [2.75, 3.05) is 13.1 Å². The summed E-state index contributed by atoms with van der Waals surface area (Å²) >= 11 is 0. The summed E-state index contributed by atoms with van der Waals surface area (Å²) in [6.07, 6.45) is 5.75. The summed E-state index contributed by atoms with van der Waals surface area (Å²) in [5.74, 6) is 0. The predicted octanol–water partition coefficient (Wildman–Crippen LogP) is 1.34. The van der Waals surface area contributed by atoms with Crippen LogP contribution in [0.5, 0.6) is 0 Å². The molecular weight excluding hydrogens is 98.1 g/mol. The molecule has 8 heavy (non-hydrogen) atoms. The Morgan fingerprint density at radius 3 is 2.88 bits per heavy atom. The molecule has 0 aliphatic rings. The van der Waals surface area contributed by atoms with Crippen LogP contribution >= 0.6 is 0 Å². The van der Waals surface area contributed by atoms with Crippen molar-refractivity contribution < 1.29 is 0 Å². The summed E-state index contributed by atoms with van der Waals surface area (Å²) in [5.41, 5.74) is 0. The minimum absolute atomic E-state index is 0.947. The Morgan fingerprint density at radius 2 is 2.38 bits per heavy atom. The fraction of sp³-hybridized carbons (Fsp3) is 0.429. The first-order valence-corrected chi connectivity index (χ1v) is 2.90. The number of allylic oxidation sites excluding steroid dienone is 2. The molecule has 1 heteroatoms. The number of hydrogen-bond donors (Lipinski definition) is 1. The monoisotopic (exact) mass is 111 g/mol. The highest BCUT2D eigenvalue weighted by molar-refractivity contribution is 4.97. The van der Waals surface area contributed by atoms with Gasteiger partial charge in [0.25, 0.3) is 0 Å². The molecule has 0 bridgehead atoms. The van der Waals surface area contributed by atoms with Crippen LogP contribution in [0.1, 0.15) is 6.92 Å². The highest BCUT2D eigenvalue weighted by Crippen LogP contribution is 1.68. The molecule has 0 radical (unpaired) electrons. The summed E-state index contributed by atoms with van der Waals surface area (Å²) in [6.45, 7) is 7.60. The summed E-state index contributed by atoms with van der Waals surface area (Å²) < 4.78 is 0. The second kappa shape index (κ2) is 6.44. The number of rotatable bonds is 4. The maximum absolute atomic E-state index is 3.54. The first-order chi connectivity index (χ1) is 3.91. The molecule has 0 aliphatic heterocycles. The van der Waals surface area contributed by atoms with E-state index in [1.807, 2.05) is 12.2 Å².